The SMILES string of the molecule is Oc1ccc(C2(c3ccccc3O)CCCCCC2)cc1. The molecule has 0 amide bonds. The van der Waals surface area contributed by atoms with Crippen LogP contribution in [0.3, 0.4) is 0 Å². The van der Waals surface area contributed by atoms with Gasteiger partial charge in [0.1, 0.15) is 11.5 Å². The Bertz CT molecular complexity index is 593. The highest BCUT2D eigenvalue weighted by atomic mass is 16.3. The normalized spacial score (nSPS) is 18.1. The summed E-state index contributed by atoms with van der Waals surface area (Å²) in [5.74, 6) is 0.673. The van der Waals surface area contributed by atoms with Crippen molar-refractivity contribution in [3.8, 4) is 11.5 Å². The van der Waals surface area contributed by atoms with Gasteiger partial charge in [-0.15, -0.1) is 0 Å². The Labute approximate surface area is 126 Å². The van der Waals surface area contributed by atoms with Crippen molar-refractivity contribution in [1.82, 2.24) is 0 Å². The lowest BCUT2D eigenvalue weighted by molar-refractivity contribution is 0.403. The third kappa shape index (κ3) is 2.63. The summed E-state index contributed by atoms with van der Waals surface area (Å²) in [6.45, 7) is 0. The first-order chi connectivity index (χ1) is 10.2. The van der Waals surface area contributed by atoms with Gasteiger partial charge in [-0.25, -0.2) is 0 Å². The molecular weight excluding hydrogens is 260 g/mol. The lowest BCUT2D eigenvalue weighted by Crippen LogP contribution is -2.27. The number of para-hydroxylation sites is 1. The van der Waals surface area contributed by atoms with Crippen molar-refractivity contribution >= 4 is 0 Å². The number of benzene rings is 2. The van der Waals surface area contributed by atoms with Gasteiger partial charge in [0.2, 0.25) is 0 Å². The van der Waals surface area contributed by atoms with E-state index in [2.05, 4.69) is 0 Å². The second kappa shape index (κ2) is 5.80. The van der Waals surface area contributed by atoms with Crippen LogP contribution in [0, 0.1) is 0 Å². The summed E-state index contributed by atoms with van der Waals surface area (Å²) in [6.07, 6.45) is 6.97. The van der Waals surface area contributed by atoms with Crippen molar-refractivity contribution in [2.75, 3.05) is 0 Å². The van der Waals surface area contributed by atoms with Crippen molar-refractivity contribution in [1.29, 1.82) is 0 Å². The van der Waals surface area contributed by atoms with Crippen molar-refractivity contribution in [3.63, 3.8) is 0 Å². The number of phenolic OH excluding ortho intramolecular Hbond substituents is 2. The Kier molecular flexibility index (Phi) is 3.87. The maximum Gasteiger partial charge on any atom is 0.119 e. The predicted molar refractivity (Wildman–Crippen MR) is 84.7 cm³/mol. The Morgan fingerprint density at radius 3 is 1.95 bits per heavy atom. The summed E-state index contributed by atoms with van der Waals surface area (Å²) in [7, 11) is 0. The van der Waals surface area contributed by atoms with Gasteiger partial charge in [0, 0.05) is 11.0 Å². The average Bonchev–Trinajstić information content (AvgIpc) is 2.75. The number of hydrogen-bond acceptors (Lipinski definition) is 2. The highest BCUT2D eigenvalue weighted by Gasteiger charge is 2.36. The van der Waals surface area contributed by atoms with E-state index in [9.17, 15) is 10.2 Å². The van der Waals surface area contributed by atoms with Gasteiger partial charge in [0.25, 0.3) is 0 Å². The third-order valence-corrected chi connectivity index (χ3v) is 4.80. The molecule has 2 nitrogen and oxygen atoms in total. The highest BCUT2D eigenvalue weighted by Crippen LogP contribution is 2.46. The van der Waals surface area contributed by atoms with Crippen LogP contribution in [-0.4, -0.2) is 10.2 Å². The van der Waals surface area contributed by atoms with E-state index in [0.717, 1.165) is 18.4 Å². The van der Waals surface area contributed by atoms with Crippen LogP contribution < -0.4 is 0 Å². The predicted octanol–water partition coefficient (Wildman–Crippen LogP) is 4.74. The first-order valence-electron chi connectivity index (χ1n) is 7.80. The zero-order valence-electron chi connectivity index (χ0n) is 12.3. The molecule has 0 unspecified atom stereocenters. The van der Waals surface area contributed by atoms with Gasteiger partial charge in [-0.2, -0.15) is 0 Å². The van der Waals surface area contributed by atoms with E-state index < -0.39 is 0 Å². The third-order valence-electron chi connectivity index (χ3n) is 4.80. The molecule has 2 aromatic rings. The van der Waals surface area contributed by atoms with Gasteiger partial charge in [0.05, 0.1) is 0 Å². The minimum absolute atomic E-state index is 0.129. The Morgan fingerprint density at radius 2 is 1.33 bits per heavy atom. The summed E-state index contributed by atoms with van der Waals surface area (Å²) in [5, 5.41) is 20.0. The molecule has 0 saturated heterocycles. The summed E-state index contributed by atoms with van der Waals surface area (Å²) >= 11 is 0. The zero-order valence-corrected chi connectivity index (χ0v) is 12.3. The molecule has 0 atom stereocenters. The second-order valence-corrected chi connectivity index (χ2v) is 6.06. The molecular formula is C19H22O2. The van der Waals surface area contributed by atoms with Crippen LogP contribution in [0.25, 0.3) is 0 Å². The molecule has 0 heterocycles. The molecule has 0 spiro atoms. The van der Waals surface area contributed by atoms with Gasteiger partial charge in [-0.1, -0.05) is 56.0 Å². The molecule has 1 saturated carbocycles. The maximum atomic E-state index is 10.4. The summed E-state index contributed by atoms with van der Waals surface area (Å²) in [6, 6.07) is 15.2. The minimum atomic E-state index is -0.129. The van der Waals surface area contributed by atoms with Crippen LogP contribution in [0.5, 0.6) is 11.5 Å². The van der Waals surface area contributed by atoms with Crippen molar-refractivity contribution in [3.05, 3.63) is 59.7 Å². The van der Waals surface area contributed by atoms with Crippen LogP contribution >= 0.6 is 0 Å². The van der Waals surface area contributed by atoms with E-state index in [1.54, 1.807) is 18.2 Å². The fourth-order valence-corrected chi connectivity index (χ4v) is 3.70. The molecule has 1 fully saturated rings. The topological polar surface area (TPSA) is 40.5 Å². The Balaban J connectivity index is 2.14. The molecule has 2 N–H and O–H groups in total. The minimum Gasteiger partial charge on any atom is -0.508 e. The smallest absolute Gasteiger partial charge is 0.119 e. The van der Waals surface area contributed by atoms with Gasteiger partial charge < -0.3 is 10.2 Å². The molecule has 3 rings (SSSR count). The van der Waals surface area contributed by atoms with E-state index in [-0.39, 0.29) is 5.41 Å². The molecule has 2 heteroatoms. The molecule has 110 valence electrons. The number of rotatable bonds is 2. The van der Waals surface area contributed by atoms with Crippen molar-refractivity contribution in [2.24, 2.45) is 0 Å². The fourth-order valence-electron chi connectivity index (χ4n) is 3.70. The molecule has 1 aliphatic rings. The van der Waals surface area contributed by atoms with Crippen LogP contribution in [0.4, 0.5) is 0 Å². The molecule has 0 aliphatic heterocycles. The van der Waals surface area contributed by atoms with Gasteiger partial charge >= 0.3 is 0 Å². The highest BCUT2D eigenvalue weighted by molar-refractivity contribution is 5.47. The summed E-state index contributed by atoms with van der Waals surface area (Å²) < 4.78 is 0. The van der Waals surface area contributed by atoms with E-state index in [1.807, 2.05) is 30.3 Å². The largest absolute Gasteiger partial charge is 0.508 e. The van der Waals surface area contributed by atoms with E-state index in [4.69, 9.17) is 0 Å². The van der Waals surface area contributed by atoms with E-state index >= 15 is 0 Å². The lowest BCUT2D eigenvalue weighted by Gasteiger charge is -2.35. The lowest BCUT2D eigenvalue weighted by atomic mass is 9.69. The van der Waals surface area contributed by atoms with Crippen LogP contribution in [0.2, 0.25) is 0 Å². The van der Waals surface area contributed by atoms with E-state index in [0.29, 0.717) is 11.5 Å². The standard InChI is InChI=1S/C19H22O2/c20-16-11-9-15(10-12-16)19(13-5-1-2-6-14-19)17-7-3-4-8-18(17)21/h3-4,7-12,20-21H,1-2,5-6,13-14H2. The molecule has 21 heavy (non-hydrogen) atoms. The number of hydrogen-bond donors (Lipinski definition) is 2. The summed E-state index contributed by atoms with van der Waals surface area (Å²) in [5.41, 5.74) is 2.09. The molecule has 0 aromatic heterocycles. The van der Waals surface area contributed by atoms with Gasteiger partial charge in [0.15, 0.2) is 0 Å². The number of aromatic hydroxyl groups is 2. The summed E-state index contributed by atoms with van der Waals surface area (Å²) in [4.78, 5) is 0. The maximum absolute atomic E-state index is 10.4. The number of phenols is 2. The van der Waals surface area contributed by atoms with Crippen LogP contribution in [0.15, 0.2) is 48.5 Å². The van der Waals surface area contributed by atoms with Gasteiger partial charge in [-0.05, 0) is 36.6 Å². The zero-order chi connectivity index (χ0) is 14.7. The molecule has 2 aromatic carbocycles. The van der Waals surface area contributed by atoms with Crippen LogP contribution in [-0.2, 0) is 5.41 Å². The van der Waals surface area contributed by atoms with Gasteiger partial charge in [-0.3, -0.25) is 0 Å². The fraction of sp³-hybridized carbons (Fsp3) is 0.368. The van der Waals surface area contributed by atoms with Crippen molar-refractivity contribution in [2.45, 2.75) is 43.9 Å². The first kappa shape index (κ1) is 14.0. The van der Waals surface area contributed by atoms with E-state index in [1.165, 1.54) is 31.2 Å². The average molecular weight is 282 g/mol. The first-order valence-corrected chi connectivity index (χ1v) is 7.80. The van der Waals surface area contributed by atoms with Crippen molar-refractivity contribution < 1.29 is 10.2 Å². The second-order valence-electron chi connectivity index (χ2n) is 6.06. The quantitative estimate of drug-likeness (QED) is 0.781. The Morgan fingerprint density at radius 1 is 0.714 bits per heavy atom. The Hall–Kier alpha value is -1.96. The molecule has 0 bridgehead atoms. The monoisotopic (exact) mass is 282 g/mol. The molecule has 0 radical (unpaired) electrons. The molecule has 1 aliphatic carbocycles. The van der Waals surface area contributed by atoms with Crippen LogP contribution in [0.1, 0.15) is 49.7 Å².